The van der Waals surface area contributed by atoms with Crippen molar-refractivity contribution in [2.75, 3.05) is 48.0 Å². The normalized spacial score (nSPS) is 15.5. The number of hydrogen-bond acceptors (Lipinski definition) is 6. The highest BCUT2D eigenvalue weighted by Gasteiger charge is 2.38. The lowest BCUT2D eigenvalue weighted by Gasteiger charge is -2.32. The number of Topliss-reactive ketones (excluding diaryl/α,β-unsaturated/α-hetero) is 1. The van der Waals surface area contributed by atoms with Gasteiger partial charge >= 0.3 is 0 Å². The number of aryl methyl sites for hydroxylation is 1. The van der Waals surface area contributed by atoms with E-state index in [-0.39, 0.29) is 24.6 Å². The molecule has 2 aliphatic rings. The molecule has 0 saturated carbocycles. The van der Waals surface area contributed by atoms with E-state index in [0.717, 1.165) is 29.9 Å². The van der Waals surface area contributed by atoms with E-state index in [9.17, 15) is 19.2 Å². The molecule has 3 aromatic carbocycles. The average Bonchev–Trinajstić information content (AvgIpc) is 3.23. The molecule has 0 bridgehead atoms. The Kier molecular flexibility index (Phi) is 8.45. The van der Waals surface area contributed by atoms with E-state index in [1.54, 1.807) is 24.3 Å². The van der Waals surface area contributed by atoms with Gasteiger partial charge in [-0.15, -0.1) is 0 Å². The fourth-order valence-electron chi connectivity index (χ4n) is 5.24. The average molecular weight is 555 g/mol. The van der Waals surface area contributed by atoms with Crippen LogP contribution in [0.25, 0.3) is 0 Å². The number of para-hydroxylation sites is 1. The molecule has 3 aromatic rings. The first-order chi connectivity index (χ1) is 19.9. The van der Waals surface area contributed by atoms with Crippen LogP contribution < -0.4 is 15.1 Å². The standard InChI is InChI=1S/C32H34N4O5/c1-3-27(31(39)33-24-12-14-25(15-13-24)34-16-18-41-19-17-34)35(20-23-10-8-22(2)9-11-23)29(37)21-36-28-7-5-4-6-26(28)30(38)32(36)40/h4-15,27H,3,16-21H2,1-2H3,(H,33,39). The number of nitrogens with one attached hydrogen (secondary N) is 1. The van der Waals surface area contributed by atoms with E-state index >= 15 is 0 Å². The van der Waals surface area contributed by atoms with Gasteiger partial charge in [0.05, 0.1) is 24.5 Å². The monoisotopic (exact) mass is 554 g/mol. The van der Waals surface area contributed by atoms with Crippen LogP contribution in [0, 0.1) is 6.92 Å². The minimum Gasteiger partial charge on any atom is -0.378 e. The summed E-state index contributed by atoms with van der Waals surface area (Å²) in [5.41, 5.74) is 4.30. The van der Waals surface area contributed by atoms with Gasteiger partial charge in [0.2, 0.25) is 11.8 Å². The first-order valence-corrected chi connectivity index (χ1v) is 13.9. The van der Waals surface area contributed by atoms with E-state index in [1.165, 1.54) is 9.80 Å². The molecule has 41 heavy (non-hydrogen) atoms. The smallest absolute Gasteiger partial charge is 0.299 e. The molecular weight excluding hydrogens is 520 g/mol. The lowest BCUT2D eigenvalue weighted by atomic mass is 10.1. The Morgan fingerprint density at radius 2 is 1.63 bits per heavy atom. The highest BCUT2D eigenvalue weighted by Crippen LogP contribution is 2.29. The summed E-state index contributed by atoms with van der Waals surface area (Å²) in [6.07, 6.45) is 0.360. The second kappa shape index (κ2) is 12.3. The third-order valence-corrected chi connectivity index (χ3v) is 7.54. The van der Waals surface area contributed by atoms with Gasteiger partial charge in [0.25, 0.3) is 11.7 Å². The maximum Gasteiger partial charge on any atom is 0.299 e. The summed E-state index contributed by atoms with van der Waals surface area (Å²) in [4.78, 5) is 57.7. The number of nitrogens with zero attached hydrogens (tertiary/aromatic N) is 3. The van der Waals surface area contributed by atoms with E-state index < -0.39 is 23.6 Å². The molecule has 0 radical (unpaired) electrons. The van der Waals surface area contributed by atoms with Crippen molar-refractivity contribution in [3.05, 3.63) is 89.5 Å². The quantitative estimate of drug-likeness (QED) is 0.404. The van der Waals surface area contributed by atoms with E-state index in [4.69, 9.17) is 4.74 Å². The topological polar surface area (TPSA) is 99.3 Å². The number of benzene rings is 3. The number of ether oxygens (including phenoxy) is 1. The van der Waals surface area contributed by atoms with Crippen LogP contribution in [0.4, 0.5) is 17.1 Å². The molecule has 0 aliphatic carbocycles. The molecule has 2 aliphatic heterocycles. The Hall–Kier alpha value is -4.50. The summed E-state index contributed by atoms with van der Waals surface area (Å²) in [6.45, 7) is 6.66. The summed E-state index contributed by atoms with van der Waals surface area (Å²) in [5, 5.41) is 2.97. The first-order valence-electron chi connectivity index (χ1n) is 13.9. The molecule has 9 nitrogen and oxygen atoms in total. The largest absolute Gasteiger partial charge is 0.378 e. The van der Waals surface area contributed by atoms with E-state index in [1.807, 2.05) is 62.4 Å². The predicted octanol–water partition coefficient (Wildman–Crippen LogP) is 3.81. The lowest BCUT2D eigenvalue weighted by molar-refractivity contribution is -0.138. The highest BCUT2D eigenvalue weighted by atomic mass is 16.5. The van der Waals surface area contributed by atoms with Gasteiger partial charge in [-0.3, -0.25) is 24.1 Å². The third-order valence-electron chi connectivity index (χ3n) is 7.54. The molecule has 1 N–H and O–H groups in total. The number of anilines is 3. The van der Waals surface area contributed by atoms with Crippen molar-refractivity contribution in [3.8, 4) is 0 Å². The van der Waals surface area contributed by atoms with Gasteiger partial charge in [-0.1, -0.05) is 48.9 Å². The van der Waals surface area contributed by atoms with E-state index in [2.05, 4.69) is 10.2 Å². The fourth-order valence-corrected chi connectivity index (χ4v) is 5.24. The number of carbonyl (C=O) groups excluding carboxylic acids is 4. The van der Waals surface area contributed by atoms with Crippen LogP contribution in [0.1, 0.15) is 34.8 Å². The van der Waals surface area contributed by atoms with Gasteiger partial charge in [-0.05, 0) is 55.3 Å². The number of rotatable bonds is 9. The number of fused-ring (bicyclic) bond motifs is 1. The highest BCUT2D eigenvalue weighted by molar-refractivity contribution is 6.52. The zero-order chi connectivity index (χ0) is 28.9. The van der Waals surface area contributed by atoms with Crippen LogP contribution >= 0.6 is 0 Å². The Labute approximate surface area is 239 Å². The zero-order valence-corrected chi connectivity index (χ0v) is 23.3. The summed E-state index contributed by atoms with van der Waals surface area (Å²) in [5.74, 6) is -2.12. The molecule has 0 aromatic heterocycles. The third kappa shape index (κ3) is 6.15. The van der Waals surface area contributed by atoms with Crippen molar-refractivity contribution >= 4 is 40.6 Å². The summed E-state index contributed by atoms with van der Waals surface area (Å²) in [7, 11) is 0. The SMILES string of the molecule is CCC(C(=O)Nc1ccc(N2CCOCC2)cc1)N(Cc1ccc(C)cc1)C(=O)CN1C(=O)C(=O)c2ccccc21. The second-order valence-corrected chi connectivity index (χ2v) is 10.3. The first kappa shape index (κ1) is 28.0. The summed E-state index contributed by atoms with van der Waals surface area (Å²) >= 11 is 0. The molecule has 0 spiro atoms. The van der Waals surface area contributed by atoms with Gasteiger partial charge in [-0.25, -0.2) is 0 Å². The van der Waals surface area contributed by atoms with Crippen LogP contribution in [-0.2, 0) is 25.7 Å². The zero-order valence-electron chi connectivity index (χ0n) is 23.3. The molecule has 212 valence electrons. The molecule has 1 saturated heterocycles. The molecule has 1 fully saturated rings. The van der Waals surface area contributed by atoms with Gasteiger partial charge in [-0.2, -0.15) is 0 Å². The van der Waals surface area contributed by atoms with Crippen molar-refractivity contribution in [2.45, 2.75) is 32.9 Å². The lowest BCUT2D eigenvalue weighted by Crippen LogP contribution is -2.50. The minimum atomic E-state index is -0.800. The van der Waals surface area contributed by atoms with Crippen molar-refractivity contribution in [1.29, 1.82) is 0 Å². The Morgan fingerprint density at radius 3 is 2.32 bits per heavy atom. The van der Waals surface area contributed by atoms with Crippen LogP contribution in [-0.4, -0.2) is 67.3 Å². The maximum absolute atomic E-state index is 13.8. The Balaban J connectivity index is 1.36. The number of ketones is 1. The predicted molar refractivity (Wildman–Crippen MR) is 157 cm³/mol. The molecule has 1 atom stereocenters. The van der Waals surface area contributed by atoms with Crippen LogP contribution in [0.15, 0.2) is 72.8 Å². The van der Waals surface area contributed by atoms with Crippen LogP contribution in [0.5, 0.6) is 0 Å². The number of hydrogen-bond donors (Lipinski definition) is 1. The van der Waals surface area contributed by atoms with Gasteiger partial charge in [0.15, 0.2) is 0 Å². The summed E-state index contributed by atoms with van der Waals surface area (Å²) < 4.78 is 5.43. The van der Waals surface area contributed by atoms with Gasteiger partial charge in [0.1, 0.15) is 12.6 Å². The number of amides is 3. The Morgan fingerprint density at radius 1 is 0.951 bits per heavy atom. The van der Waals surface area contributed by atoms with Crippen molar-refractivity contribution < 1.29 is 23.9 Å². The molecule has 2 heterocycles. The molecular formula is C32H34N4O5. The van der Waals surface area contributed by atoms with Crippen molar-refractivity contribution in [1.82, 2.24) is 4.90 Å². The number of morpholine rings is 1. The van der Waals surface area contributed by atoms with Gasteiger partial charge < -0.3 is 19.9 Å². The van der Waals surface area contributed by atoms with Crippen molar-refractivity contribution in [3.63, 3.8) is 0 Å². The maximum atomic E-state index is 13.8. The number of carbonyl (C=O) groups is 4. The molecule has 5 rings (SSSR count). The fraction of sp³-hybridized carbons (Fsp3) is 0.312. The summed E-state index contributed by atoms with van der Waals surface area (Å²) in [6, 6.07) is 21.2. The van der Waals surface area contributed by atoms with E-state index in [0.29, 0.717) is 31.0 Å². The van der Waals surface area contributed by atoms with Gasteiger partial charge in [0, 0.05) is 31.0 Å². The van der Waals surface area contributed by atoms with Crippen LogP contribution in [0.2, 0.25) is 0 Å². The van der Waals surface area contributed by atoms with Crippen molar-refractivity contribution in [2.24, 2.45) is 0 Å². The van der Waals surface area contributed by atoms with Crippen LogP contribution in [0.3, 0.4) is 0 Å². The second-order valence-electron chi connectivity index (χ2n) is 10.3. The minimum absolute atomic E-state index is 0.179. The molecule has 1 unspecified atom stereocenters. The Bertz CT molecular complexity index is 1430. The molecule has 3 amide bonds. The molecule has 9 heteroatoms.